The molecule has 0 spiro atoms. The highest BCUT2D eigenvalue weighted by Crippen LogP contribution is 2.20. The summed E-state index contributed by atoms with van der Waals surface area (Å²) in [6.45, 7) is 0.858. The smallest absolute Gasteiger partial charge is 0.133 e. The average Bonchev–Trinajstić information content (AvgIpc) is 2.94. The lowest BCUT2D eigenvalue weighted by molar-refractivity contribution is 0.0313. The Morgan fingerprint density at radius 1 is 1.28 bits per heavy atom. The normalized spacial score (nSPS) is 12.3. The van der Waals surface area contributed by atoms with Crippen molar-refractivity contribution in [1.82, 2.24) is 0 Å². The highest BCUT2D eigenvalue weighted by Gasteiger charge is 2.12. The molecule has 1 aromatic carbocycles. The van der Waals surface area contributed by atoms with E-state index in [9.17, 15) is 0 Å². The van der Waals surface area contributed by atoms with Crippen molar-refractivity contribution < 1.29 is 13.9 Å². The zero-order chi connectivity index (χ0) is 12.8. The van der Waals surface area contributed by atoms with Crippen LogP contribution in [-0.4, -0.2) is 13.7 Å². The van der Waals surface area contributed by atoms with Crippen LogP contribution < -0.4 is 10.5 Å². The Morgan fingerprint density at radius 2 is 2.17 bits per heavy atom. The van der Waals surface area contributed by atoms with Gasteiger partial charge >= 0.3 is 0 Å². The van der Waals surface area contributed by atoms with Crippen LogP contribution >= 0.6 is 0 Å². The lowest BCUT2D eigenvalue weighted by atomic mass is 10.2. The molecule has 1 heterocycles. The van der Waals surface area contributed by atoms with Crippen LogP contribution in [-0.2, 0) is 11.3 Å². The second kappa shape index (κ2) is 6.23. The molecule has 96 valence electrons. The highest BCUT2D eigenvalue weighted by atomic mass is 16.5. The number of nitrogens with two attached hydrogens (primary N) is 1. The van der Waals surface area contributed by atoms with E-state index in [1.54, 1.807) is 13.4 Å². The van der Waals surface area contributed by atoms with E-state index in [1.165, 1.54) is 0 Å². The Kier molecular flexibility index (Phi) is 4.39. The summed E-state index contributed by atoms with van der Waals surface area (Å²) in [5.41, 5.74) is 6.72. The largest absolute Gasteiger partial charge is 0.497 e. The molecule has 0 aliphatic heterocycles. The predicted molar refractivity (Wildman–Crippen MR) is 68.3 cm³/mol. The van der Waals surface area contributed by atoms with Gasteiger partial charge in [0.15, 0.2) is 0 Å². The van der Waals surface area contributed by atoms with E-state index >= 15 is 0 Å². The number of furan rings is 1. The molecule has 0 fully saturated rings. The fourth-order valence-corrected chi connectivity index (χ4v) is 1.70. The summed E-state index contributed by atoms with van der Waals surface area (Å²) in [6.07, 6.45) is 1.40. The molecule has 18 heavy (non-hydrogen) atoms. The van der Waals surface area contributed by atoms with Crippen molar-refractivity contribution in [2.75, 3.05) is 13.7 Å². The Morgan fingerprint density at radius 3 is 2.83 bits per heavy atom. The number of benzene rings is 1. The Labute approximate surface area is 106 Å². The average molecular weight is 247 g/mol. The fourth-order valence-electron chi connectivity index (χ4n) is 1.70. The third-order valence-corrected chi connectivity index (χ3v) is 2.66. The molecule has 0 saturated heterocycles. The zero-order valence-corrected chi connectivity index (χ0v) is 10.3. The minimum atomic E-state index is -0.216. The van der Waals surface area contributed by atoms with Gasteiger partial charge in [0, 0.05) is 6.54 Å². The van der Waals surface area contributed by atoms with E-state index < -0.39 is 0 Å². The van der Waals surface area contributed by atoms with Crippen LogP contribution in [0.1, 0.15) is 17.4 Å². The summed E-state index contributed by atoms with van der Waals surface area (Å²) in [4.78, 5) is 0. The van der Waals surface area contributed by atoms with Crippen molar-refractivity contribution >= 4 is 0 Å². The van der Waals surface area contributed by atoms with Crippen LogP contribution in [0.5, 0.6) is 5.75 Å². The van der Waals surface area contributed by atoms with E-state index in [4.69, 9.17) is 19.6 Å². The van der Waals surface area contributed by atoms with Gasteiger partial charge in [0.1, 0.15) is 17.6 Å². The molecule has 1 aromatic heterocycles. The van der Waals surface area contributed by atoms with Gasteiger partial charge in [0.25, 0.3) is 0 Å². The molecule has 1 unspecified atom stereocenters. The molecule has 0 aliphatic rings. The first-order valence-corrected chi connectivity index (χ1v) is 5.81. The van der Waals surface area contributed by atoms with Gasteiger partial charge in [0.05, 0.1) is 20.0 Å². The van der Waals surface area contributed by atoms with E-state index in [0.29, 0.717) is 13.2 Å². The minimum absolute atomic E-state index is 0.216. The predicted octanol–water partition coefficient (Wildman–Crippen LogP) is 2.50. The molecular weight excluding hydrogens is 230 g/mol. The maximum Gasteiger partial charge on any atom is 0.133 e. The maximum atomic E-state index is 5.75. The summed E-state index contributed by atoms with van der Waals surface area (Å²) in [7, 11) is 1.64. The van der Waals surface area contributed by atoms with E-state index in [2.05, 4.69) is 0 Å². The van der Waals surface area contributed by atoms with Crippen molar-refractivity contribution in [1.29, 1.82) is 0 Å². The Balaban J connectivity index is 1.97. The van der Waals surface area contributed by atoms with Gasteiger partial charge in [-0.2, -0.15) is 0 Å². The molecule has 0 aliphatic carbocycles. The van der Waals surface area contributed by atoms with Crippen LogP contribution in [0.2, 0.25) is 0 Å². The van der Waals surface area contributed by atoms with Crippen LogP contribution in [0.15, 0.2) is 47.1 Å². The van der Waals surface area contributed by atoms with E-state index in [1.807, 2.05) is 36.4 Å². The van der Waals surface area contributed by atoms with Crippen molar-refractivity contribution in [3.63, 3.8) is 0 Å². The minimum Gasteiger partial charge on any atom is -0.497 e. The number of hydrogen-bond donors (Lipinski definition) is 1. The van der Waals surface area contributed by atoms with Gasteiger partial charge in [0.2, 0.25) is 0 Å². The van der Waals surface area contributed by atoms with E-state index in [-0.39, 0.29) is 6.10 Å². The maximum absolute atomic E-state index is 5.75. The lowest BCUT2D eigenvalue weighted by Gasteiger charge is -2.13. The number of ether oxygens (including phenoxy) is 2. The van der Waals surface area contributed by atoms with Gasteiger partial charge in [-0.05, 0) is 29.8 Å². The van der Waals surface area contributed by atoms with Crippen LogP contribution in [0.25, 0.3) is 0 Å². The molecule has 0 saturated carbocycles. The fraction of sp³-hybridized carbons (Fsp3) is 0.286. The molecule has 0 amide bonds. The Hall–Kier alpha value is -1.78. The van der Waals surface area contributed by atoms with Gasteiger partial charge in [-0.3, -0.25) is 0 Å². The first-order chi connectivity index (χ1) is 8.83. The van der Waals surface area contributed by atoms with Crippen molar-refractivity contribution in [3.8, 4) is 5.75 Å². The van der Waals surface area contributed by atoms with Crippen molar-refractivity contribution in [3.05, 3.63) is 54.0 Å². The van der Waals surface area contributed by atoms with Gasteiger partial charge in [-0.15, -0.1) is 0 Å². The lowest BCUT2D eigenvalue weighted by Crippen LogP contribution is -2.15. The molecule has 2 N–H and O–H groups in total. The molecule has 1 atom stereocenters. The number of methoxy groups -OCH3 is 1. The molecule has 2 rings (SSSR count). The SMILES string of the molecule is COc1cccc(COC(CN)c2ccco2)c1. The standard InChI is InChI=1S/C14H17NO3/c1-16-12-5-2-4-11(8-12)10-18-14(9-15)13-6-3-7-17-13/h2-8,14H,9-10,15H2,1H3. The van der Waals surface area contributed by atoms with Crippen molar-refractivity contribution in [2.24, 2.45) is 5.73 Å². The third kappa shape index (κ3) is 3.12. The monoisotopic (exact) mass is 247 g/mol. The van der Waals surface area contributed by atoms with Gasteiger partial charge < -0.3 is 19.6 Å². The summed E-state index contributed by atoms with van der Waals surface area (Å²) in [5.74, 6) is 1.57. The van der Waals surface area contributed by atoms with E-state index in [0.717, 1.165) is 17.1 Å². The second-order valence-electron chi connectivity index (χ2n) is 3.90. The van der Waals surface area contributed by atoms with Crippen LogP contribution in [0, 0.1) is 0 Å². The second-order valence-corrected chi connectivity index (χ2v) is 3.90. The summed E-state index contributed by atoms with van der Waals surface area (Å²) in [5, 5.41) is 0. The van der Waals surface area contributed by atoms with Gasteiger partial charge in [-0.25, -0.2) is 0 Å². The number of rotatable bonds is 6. The molecule has 0 bridgehead atoms. The molecular formula is C14H17NO3. The van der Waals surface area contributed by atoms with Crippen LogP contribution in [0.4, 0.5) is 0 Å². The first kappa shape index (κ1) is 12.7. The topological polar surface area (TPSA) is 57.6 Å². The van der Waals surface area contributed by atoms with Crippen molar-refractivity contribution in [2.45, 2.75) is 12.7 Å². The Bertz CT molecular complexity index is 468. The molecule has 4 heteroatoms. The molecule has 4 nitrogen and oxygen atoms in total. The molecule has 0 radical (unpaired) electrons. The molecule has 2 aromatic rings. The summed E-state index contributed by atoms with van der Waals surface area (Å²) < 4.78 is 16.2. The zero-order valence-electron chi connectivity index (χ0n) is 10.3. The first-order valence-electron chi connectivity index (χ1n) is 5.81. The summed E-state index contributed by atoms with van der Waals surface area (Å²) >= 11 is 0. The van der Waals surface area contributed by atoms with Gasteiger partial charge in [-0.1, -0.05) is 12.1 Å². The highest BCUT2D eigenvalue weighted by molar-refractivity contribution is 5.27. The number of hydrogen-bond acceptors (Lipinski definition) is 4. The quantitative estimate of drug-likeness (QED) is 0.852. The van der Waals surface area contributed by atoms with Crippen LogP contribution in [0.3, 0.4) is 0 Å². The third-order valence-electron chi connectivity index (χ3n) is 2.66. The summed E-state index contributed by atoms with van der Waals surface area (Å²) in [6, 6.07) is 11.4.